The zero-order valence-corrected chi connectivity index (χ0v) is 14.5. The van der Waals surface area contributed by atoms with Gasteiger partial charge < -0.3 is 14.0 Å². The van der Waals surface area contributed by atoms with Crippen molar-refractivity contribution in [2.24, 2.45) is 5.14 Å². The number of nitrogens with two attached hydrogens (primary N) is 1. The topological polar surface area (TPSA) is 101 Å². The molecule has 0 aromatic carbocycles. The van der Waals surface area contributed by atoms with Gasteiger partial charge in [-0.15, -0.1) is 0 Å². The molecule has 2 fully saturated rings. The molecule has 1 saturated heterocycles. The van der Waals surface area contributed by atoms with Crippen LogP contribution in [0.25, 0.3) is 0 Å². The van der Waals surface area contributed by atoms with Crippen LogP contribution < -0.4 is 15.5 Å². The third-order valence-corrected chi connectivity index (χ3v) is 5.45. The van der Waals surface area contributed by atoms with Gasteiger partial charge in [-0.25, -0.2) is 13.6 Å². The molecule has 0 bridgehead atoms. The van der Waals surface area contributed by atoms with Gasteiger partial charge in [0.15, 0.2) is 0 Å². The molecule has 0 unspecified atom stereocenters. The first-order valence-electron chi connectivity index (χ1n) is 7.55. The van der Waals surface area contributed by atoms with Crippen LogP contribution in [0.15, 0.2) is 17.2 Å². The highest BCUT2D eigenvalue weighted by molar-refractivity contribution is 7.89. The number of hydrogen-bond acceptors (Lipinski definition) is 6. The van der Waals surface area contributed by atoms with Gasteiger partial charge in [0.25, 0.3) is 0 Å². The number of nitrogens with zero attached hydrogens (tertiary/aromatic N) is 1. The van der Waals surface area contributed by atoms with Crippen molar-refractivity contribution < 1.29 is 22.5 Å². The van der Waals surface area contributed by atoms with Gasteiger partial charge in [0.2, 0.25) is 10.0 Å². The van der Waals surface area contributed by atoms with E-state index in [1.165, 1.54) is 12.3 Å². The van der Waals surface area contributed by atoms with Gasteiger partial charge in [0.1, 0.15) is 10.6 Å². The quantitative estimate of drug-likeness (QED) is 0.804. The van der Waals surface area contributed by atoms with Crippen molar-refractivity contribution in [3.8, 4) is 5.75 Å². The van der Waals surface area contributed by atoms with Crippen molar-refractivity contribution >= 4 is 22.7 Å². The molecule has 1 aromatic heterocycles. The SMILES string of the molecule is CC1(C)OB(c2nccc(OC3CC3)c2S(N)(=O)=O)OC1(C)C. The minimum atomic E-state index is -4.04. The number of primary sulfonamides is 1. The number of hydrogen-bond donors (Lipinski definition) is 1. The lowest BCUT2D eigenvalue weighted by molar-refractivity contribution is 0.00578. The summed E-state index contributed by atoms with van der Waals surface area (Å²) in [6.07, 6.45) is 3.31. The van der Waals surface area contributed by atoms with E-state index in [2.05, 4.69) is 4.98 Å². The highest BCUT2D eigenvalue weighted by atomic mass is 32.2. The van der Waals surface area contributed by atoms with Crippen molar-refractivity contribution in [3.05, 3.63) is 12.3 Å². The second-order valence-corrected chi connectivity index (χ2v) is 8.47. The Kier molecular flexibility index (Phi) is 3.75. The Morgan fingerprint density at radius 3 is 2.30 bits per heavy atom. The first kappa shape index (κ1) is 16.7. The Balaban J connectivity index is 2.06. The van der Waals surface area contributed by atoms with Gasteiger partial charge in [-0.05, 0) is 46.6 Å². The predicted octanol–water partition coefficient (Wildman–Crippen LogP) is 0.569. The Morgan fingerprint density at radius 1 is 1.26 bits per heavy atom. The van der Waals surface area contributed by atoms with E-state index in [9.17, 15) is 8.42 Å². The van der Waals surface area contributed by atoms with Crippen LogP contribution in [0.2, 0.25) is 0 Å². The molecule has 7 nitrogen and oxygen atoms in total. The molecule has 1 aliphatic carbocycles. The van der Waals surface area contributed by atoms with Crippen molar-refractivity contribution in [2.45, 2.75) is 62.7 Å². The Morgan fingerprint density at radius 2 is 1.83 bits per heavy atom. The standard InChI is InChI=1S/C14H21BN2O5S/c1-13(2)14(3,4)22-15(21-13)12-11(23(16,18)19)10(7-8-17-12)20-9-5-6-9/h7-9H,5-6H2,1-4H3,(H2,16,18,19). The molecule has 0 amide bonds. The molecule has 9 heteroatoms. The molecule has 1 aromatic rings. The molecular formula is C14H21BN2O5S. The highest BCUT2D eigenvalue weighted by Gasteiger charge is 2.54. The lowest BCUT2D eigenvalue weighted by Crippen LogP contribution is -2.41. The molecule has 126 valence electrons. The summed E-state index contributed by atoms with van der Waals surface area (Å²) in [7, 11) is -4.96. The second-order valence-electron chi connectivity index (χ2n) is 6.97. The summed E-state index contributed by atoms with van der Waals surface area (Å²) in [4.78, 5) is 4.00. The molecular weight excluding hydrogens is 319 g/mol. The first-order chi connectivity index (χ1) is 10.5. The maximum Gasteiger partial charge on any atom is 0.516 e. The fraction of sp³-hybridized carbons (Fsp3) is 0.643. The third kappa shape index (κ3) is 3.10. The summed E-state index contributed by atoms with van der Waals surface area (Å²) in [5.74, 6) is 0.203. The van der Waals surface area contributed by atoms with E-state index in [4.69, 9.17) is 19.2 Å². The molecule has 3 rings (SSSR count). The van der Waals surface area contributed by atoms with Crippen molar-refractivity contribution in [1.29, 1.82) is 0 Å². The Bertz CT molecular complexity index is 715. The zero-order chi connectivity index (χ0) is 17.0. The summed E-state index contributed by atoms with van der Waals surface area (Å²) in [6.45, 7) is 7.53. The maximum atomic E-state index is 12.1. The maximum absolute atomic E-state index is 12.1. The van der Waals surface area contributed by atoms with E-state index in [-0.39, 0.29) is 22.3 Å². The van der Waals surface area contributed by atoms with E-state index in [0.29, 0.717) is 0 Å². The molecule has 2 aliphatic rings. The monoisotopic (exact) mass is 340 g/mol. The van der Waals surface area contributed by atoms with Gasteiger partial charge in [0.05, 0.1) is 22.9 Å². The lowest BCUT2D eigenvalue weighted by atomic mass is 9.84. The number of pyridine rings is 1. The zero-order valence-electron chi connectivity index (χ0n) is 13.7. The molecule has 1 aliphatic heterocycles. The van der Waals surface area contributed by atoms with E-state index in [0.717, 1.165) is 12.8 Å². The predicted molar refractivity (Wildman–Crippen MR) is 85.0 cm³/mol. The first-order valence-corrected chi connectivity index (χ1v) is 9.10. The molecule has 2 N–H and O–H groups in total. The van der Waals surface area contributed by atoms with Crippen LogP contribution in [-0.4, -0.2) is 37.8 Å². The van der Waals surface area contributed by atoms with Crippen molar-refractivity contribution in [2.75, 3.05) is 0 Å². The average Bonchev–Trinajstić information content (AvgIpc) is 3.15. The lowest BCUT2D eigenvalue weighted by Gasteiger charge is -2.32. The van der Waals surface area contributed by atoms with E-state index >= 15 is 0 Å². The van der Waals surface area contributed by atoms with Gasteiger partial charge in [-0.3, -0.25) is 4.98 Å². The summed E-state index contributed by atoms with van der Waals surface area (Å²) < 4.78 is 41.7. The third-order valence-electron chi connectivity index (χ3n) is 4.47. The fourth-order valence-corrected chi connectivity index (χ4v) is 3.15. The Labute approximate surface area is 136 Å². The van der Waals surface area contributed by atoms with Crippen LogP contribution in [-0.2, 0) is 19.3 Å². The van der Waals surface area contributed by atoms with E-state index in [1.807, 2.05) is 27.7 Å². The molecule has 1 saturated carbocycles. The summed E-state index contributed by atoms with van der Waals surface area (Å²) in [5.41, 5.74) is -1.09. The largest absolute Gasteiger partial charge is 0.516 e. The van der Waals surface area contributed by atoms with Crippen LogP contribution in [0.5, 0.6) is 5.75 Å². The smallest absolute Gasteiger partial charge is 0.489 e. The molecule has 0 radical (unpaired) electrons. The fourth-order valence-electron chi connectivity index (χ4n) is 2.31. The molecule has 0 atom stereocenters. The van der Waals surface area contributed by atoms with Crippen LogP contribution in [0.1, 0.15) is 40.5 Å². The number of sulfonamides is 1. The van der Waals surface area contributed by atoms with Crippen LogP contribution in [0.3, 0.4) is 0 Å². The number of aromatic nitrogens is 1. The highest BCUT2D eigenvalue weighted by Crippen LogP contribution is 2.37. The van der Waals surface area contributed by atoms with Crippen LogP contribution >= 0.6 is 0 Å². The van der Waals surface area contributed by atoms with E-state index < -0.39 is 28.3 Å². The van der Waals surface area contributed by atoms with Gasteiger partial charge in [0, 0.05) is 6.20 Å². The van der Waals surface area contributed by atoms with Gasteiger partial charge in [-0.2, -0.15) is 0 Å². The Hall–Kier alpha value is -1.16. The molecule has 0 spiro atoms. The van der Waals surface area contributed by atoms with Crippen LogP contribution in [0.4, 0.5) is 0 Å². The molecule has 2 heterocycles. The normalized spacial score (nSPS) is 23.1. The average molecular weight is 340 g/mol. The minimum Gasteiger partial charge on any atom is -0.489 e. The van der Waals surface area contributed by atoms with Crippen molar-refractivity contribution in [1.82, 2.24) is 4.98 Å². The molecule has 23 heavy (non-hydrogen) atoms. The number of ether oxygens (including phenoxy) is 1. The second kappa shape index (κ2) is 5.17. The van der Waals surface area contributed by atoms with Crippen LogP contribution in [0, 0.1) is 0 Å². The van der Waals surface area contributed by atoms with Crippen molar-refractivity contribution in [3.63, 3.8) is 0 Å². The number of rotatable bonds is 4. The van der Waals surface area contributed by atoms with Gasteiger partial charge >= 0.3 is 7.12 Å². The summed E-state index contributed by atoms with van der Waals surface area (Å²) >= 11 is 0. The minimum absolute atomic E-state index is 0.0315. The summed E-state index contributed by atoms with van der Waals surface area (Å²) in [6, 6.07) is 1.51. The van der Waals surface area contributed by atoms with E-state index in [1.54, 1.807) is 0 Å². The van der Waals surface area contributed by atoms with Gasteiger partial charge in [-0.1, -0.05) is 0 Å². The summed E-state index contributed by atoms with van der Waals surface area (Å²) in [5, 5.41) is 5.40.